The molecule has 0 radical (unpaired) electrons. The minimum atomic E-state index is 0.553. The van der Waals surface area contributed by atoms with E-state index in [4.69, 9.17) is 0 Å². The standard InChI is InChI=1S/C18H22N6/c1-2-19-14-4-3-9-24(12-14)16-6-7-20-18-17(16)15(11-21-18)13-5-8-22-23-10-13/h5-8,10-11,14,19H,2-4,9,12H2,1H3,(H,20,21). The minimum Gasteiger partial charge on any atom is -0.369 e. The summed E-state index contributed by atoms with van der Waals surface area (Å²) in [6.07, 6.45) is 9.89. The predicted molar refractivity (Wildman–Crippen MR) is 96.0 cm³/mol. The summed E-state index contributed by atoms with van der Waals surface area (Å²) >= 11 is 0. The van der Waals surface area contributed by atoms with E-state index in [1.165, 1.54) is 23.9 Å². The van der Waals surface area contributed by atoms with E-state index >= 15 is 0 Å². The average Bonchev–Trinajstić information content (AvgIpc) is 3.07. The van der Waals surface area contributed by atoms with Crippen molar-refractivity contribution in [1.29, 1.82) is 0 Å². The Labute approximate surface area is 141 Å². The number of pyridine rings is 1. The fraction of sp³-hybridized carbons (Fsp3) is 0.389. The van der Waals surface area contributed by atoms with Crippen LogP contribution in [0.15, 0.2) is 36.9 Å². The lowest BCUT2D eigenvalue weighted by Crippen LogP contribution is -2.45. The second kappa shape index (κ2) is 6.57. The maximum Gasteiger partial charge on any atom is 0.139 e. The SMILES string of the molecule is CCNC1CCCN(c2ccnc3[nH]cc(-c4ccnnc4)c23)C1. The number of anilines is 1. The van der Waals surface area contributed by atoms with Crippen molar-refractivity contribution in [3.63, 3.8) is 0 Å². The zero-order valence-corrected chi connectivity index (χ0v) is 13.9. The second-order valence-corrected chi connectivity index (χ2v) is 6.23. The smallest absolute Gasteiger partial charge is 0.139 e. The van der Waals surface area contributed by atoms with Gasteiger partial charge in [-0.15, -0.1) is 0 Å². The topological polar surface area (TPSA) is 69.7 Å². The van der Waals surface area contributed by atoms with E-state index in [0.29, 0.717) is 6.04 Å². The van der Waals surface area contributed by atoms with Crippen LogP contribution in [0.3, 0.4) is 0 Å². The summed E-state index contributed by atoms with van der Waals surface area (Å²) in [5, 5.41) is 12.7. The van der Waals surface area contributed by atoms with Gasteiger partial charge in [0.2, 0.25) is 0 Å². The molecule has 124 valence electrons. The predicted octanol–water partition coefficient (Wildman–Crippen LogP) is 2.60. The first-order chi connectivity index (χ1) is 11.9. The highest BCUT2D eigenvalue weighted by atomic mass is 15.2. The summed E-state index contributed by atoms with van der Waals surface area (Å²) in [5.74, 6) is 0. The van der Waals surface area contributed by atoms with Crippen LogP contribution < -0.4 is 10.2 Å². The second-order valence-electron chi connectivity index (χ2n) is 6.23. The average molecular weight is 322 g/mol. The van der Waals surface area contributed by atoms with Crippen LogP contribution in [-0.4, -0.2) is 45.8 Å². The third-order valence-electron chi connectivity index (χ3n) is 4.70. The summed E-state index contributed by atoms with van der Waals surface area (Å²) in [5.41, 5.74) is 4.36. The van der Waals surface area contributed by atoms with Crippen molar-refractivity contribution in [2.75, 3.05) is 24.5 Å². The zero-order valence-electron chi connectivity index (χ0n) is 13.9. The van der Waals surface area contributed by atoms with Gasteiger partial charge in [-0.25, -0.2) is 4.98 Å². The van der Waals surface area contributed by atoms with Crippen LogP contribution in [0.2, 0.25) is 0 Å². The summed E-state index contributed by atoms with van der Waals surface area (Å²) in [6.45, 7) is 5.30. The van der Waals surface area contributed by atoms with Gasteiger partial charge < -0.3 is 15.2 Å². The van der Waals surface area contributed by atoms with E-state index in [1.54, 1.807) is 12.4 Å². The molecule has 0 aliphatic carbocycles. The van der Waals surface area contributed by atoms with Crippen LogP contribution in [0.5, 0.6) is 0 Å². The van der Waals surface area contributed by atoms with E-state index in [2.05, 4.69) is 43.4 Å². The Morgan fingerprint density at radius 2 is 2.25 bits per heavy atom. The largest absolute Gasteiger partial charge is 0.369 e. The summed E-state index contributed by atoms with van der Waals surface area (Å²) in [6, 6.07) is 4.67. The van der Waals surface area contributed by atoms with Gasteiger partial charge in [0.1, 0.15) is 5.65 Å². The Hall–Kier alpha value is -2.47. The van der Waals surface area contributed by atoms with Gasteiger partial charge in [0.15, 0.2) is 0 Å². The molecule has 1 saturated heterocycles. The molecule has 6 nitrogen and oxygen atoms in total. The molecule has 4 rings (SSSR count). The summed E-state index contributed by atoms with van der Waals surface area (Å²) in [4.78, 5) is 10.3. The first-order valence-corrected chi connectivity index (χ1v) is 8.58. The molecule has 2 N–H and O–H groups in total. The van der Waals surface area contributed by atoms with Gasteiger partial charge in [-0.2, -0.15) is 10.2 Å². The van der Waals surface area contributed by atoms with E-state index in [1.807, 2.05) is 18.5 Å². The molecule has 24 heavy (non-hydrogen) atoms. The monoisotopic (exact) mass is 322 g/mol. The van der Waals surface area contributed by atoms with Crippen LogP contribution >= 0.6 is 0 Å². The molecular formula is C18H22N6. The Bertz CT molecular complexity index is 811. The van der Waals surface area contributed by atoms with E-state index in [9.17, 15) is 0 Å². The van der Waals surface area contributed by atoms with E-state index in [0.717, 1.165) is 36.4 Å². The number of aromatic amines is 1. The fourth-order valence-electron chi connectivity index (χ4n) is 3.63. The molecule has 1 fully saturated rings. The van der Waals surface area contributed by atoms with Gasteiger partial charge >= 0.3 is 0 Å². The van der Waals surface area contributed by atoms with Crippen molar-refractivity contribution in [2.45, 2.75) is 25.8 Å². The molecular weight excluding hydrogens is 300 g/mol. The van der Waals surface area contributed by atoms with Gasteiger partial charge in [0, 0.05) is 53.7 Å². The number of nitrogens with zero attached hydrogens (tertiary/aromatic N) is 4. The molecule has 0 amide bonds. The molecule has 4 heterocycles. The normalized spacial score (nSPS) is 18.2. The fourth-order valence-corrected chi connectivity index (χ4v) is 3.63. The van der Waals surface area contributed by atoms with Crippen LogP contribution in [0.25, 0.3) is 22.2 Å². The lowest BCUT2D eigenvalue weighted by molar-refractivity contribution is 0.432. The molecule has 1 atom stereocenters. The van der Waals surface area contributed by atoms with Gasteiger partial charge in [0.25, 0.3) is 0 Å². The first kappa shape index (κ1) is 15.1. The molecule has 1 aliphatic rings. The Kier molecular flexibility index (Phi) is 4.13. The Balaban J connectivity index is 1.77. The van der Waals surface area contributed by atoms with Gasteiger partial charge in [-0.1, -0.05) is 6.92 Å². The number of rotatable bonds is 4. The molecule has 3 aromatic heterocycles. The number of aromatic nitrogens is 4. The van der Waals surface area contributed by atoms with Gasteiger partial charge in [0.05, 0.1) is 12.4 Å². The van der Waals surface area contributed by atoms with Crippen LogP contribution in [-0.2, 0) is 0 Å². The number of piperidine rings is 1. The van der Waals surface area contributed by atoms with Crippen LogP contribution in [0.4, 0.5) is 5.69 Å². The molecule has 0 saturated carbocycles. The quantitative estimate of drug-likeness (QED) is 0.773. The highest BCUT2D eigenvalue weighted by Gasteiger charge is 2.22. The molecule has 0 bridgehead atoms. The first-order valence-electron chi connectivity index (χ1n) is 8.58. The summed E-state index contributed by atoms with van der Waals surface area (Å²) < 4.78 is 0. The highest BCUT2D eigenvalue weighted by molar-refractivity contribution is 6.02. The number of nitrogens with one attached hydrogen (secondary N) is 2. The van der Waals surface area contributed by atoms with Crippen molar-refractivity contribution in [3.8, 4) is 11.1 Å². The zero-order chi connectivity index (χ0) is 16.4. The van der Waals surface area contributed by atoms with Crippen molar-refractivity contribution < 1.29 is 0 Å². The molecule has 1 unspecified atom stereocenters. The van der Waals surface area contributed by atoms with E-state index < -0.39 is 0 Å². The molecule has 0 spiro atoms. The number of fused-ring (bicyclic) bond motifs is 1. The third-order valence-corrected chi connectivity index (χ3v) is 4.70. The maximum atomic E-state index is 4.50. The Morgan fingerprint density at radius 3 is 3.08 bits per heavy atom. The Morgan fingerprint density at radius 1 is 1.29 bits per heavy atom. The van der Waals surface area contributed by atoms with Crippen molar-refractivity contribution in [3.05, 3.63) is 36.9 Å². The van der Waals surface area contributed by atoms with Gasteiger partial charge in [-0.05, 0) is 31.5 Å². The van der Waals surface area contributed by atoms with E-state index in [-0.39, 0.29) is 0 Å². The molecule has 1 aliphatic heterocycles. The molecule has 3 aromatic rings. The molecule has 0 aromatic carbocycles. The summed E-state index contributed by atoms with van der Waals surface area (Å²) in [7, 11) is 0. The van der Waals surface area contributed by atoms with Crippen LogP contribution in [0.1, 0.15) is 19.8 Å². The van der Waals surface area contributed by atoms with Gasteiger partial charge in [-0.3, -0.25) is 0 Å². The number of hydrogen-bond donors (Lipinski definition) is 2. The minimum absolute atomic E-state index is 0.553. The van der Waals surface area contributed by atoms with Crippen LogP contribution in [0, 0.1) is 0 Å². The number of H-pyrrole nitrogens is 1. The lowest BCUT2D eigenvalue weighted by Gasteiger charge is -2.35. The number of hydrogen-bond acceptors (Lipinski definition) is 5. The van der Waals surface area contributed by atoms with Crippen molar-refractivity contribution in [2.24, 2.45) is 0 Å². The maximum absolute atomic E-state index is 4.50. The number of likely N-dealkylation sites (N-methyl/N-ethyl adjacent to an activating group) is 1. The van der Waals surface area contributed by atoms with Crippen molar-refractivity contribution in [1.82, 2.24) is 25.5 Å². The third kappa shape index (κ3) is 2.73. The van der Waals surface area contributed by atoms with Crippen molar-refractivity contribution >= 4 is 16.7 Å². The lowest BCUT2D eigenvalue weighted by atomic mass is 10.0. The highest BCUT2D eigenvalue weighted by Crippen LogP contribution is 2.35. The molecule has 6 heteroatoms.